The number of nitro benzene ring substituents is 1. The first-order chi connectivity index (χ1) is 20.3. The summed E-state index contributed by atoms with van der Waals surface area (Å²) in [5.74, 6) is 0.0619. The summed E-state index contributed by atoms with van der Waals surface area (Å²) < 4.78 is 44.9. The number of hydrogen-bond donors (Lipinski definition) is 2. The van der Waals surface area contributed by atoms with Crippen LogP contribution in [0.15, 0.2) is 54.9 Å². The zero-order valence-corrected chi connectivity index (χ0v) is 23.8. The first-order valence-electron chi connectivity index (χ1n) is 13.3. The van der Waals surface area contributed by atoms with Crippen molar-refractivity contribution >= 4 is 34.3 Å². The number of alkyl halides is 2. The van der Waals surface area contributed by atoms with Crippen LogP contribution < -0.4 is 20.5 Å². The minimum Gasteiger partial charge on any atom is -0.494 e. The van der Waals surface area contributed by atoms with E-state index in [0.717, 1.165) is 4.57 Å². The Hall–Kier alpha value is -5.01. The molecule has 2 aromatic heterocycles. The van der Waals surface area contributed by atoms with Crippen LogP contribution in [0.25, 0.3) is 22.2 Å². The number of methoxy groups -OCH3 is 1. The number of carbonyl (C=O) groups excluding carboxylic acids is 1. The number of carbonyl (C=O) groups is 1. The number of para-hydroxylation sites is 1. The van der Waals surface area contributed by atoms with Gasteiger partial charge in [0.15, 0.2) is 5.60 Å². The van der Waals surface area contributed by atoms with E-state index in [0.29, 0.717) is 28.6 Å². The number of nitro groups is 1. The Morgan fingerprint density at radius 3 is 2.63 bits per heavy atom. The summed E-state index contributed by atoms with van der Waals surface area (Å²) in [5, 5.41) is 15.5. The molecule has 0 aliphatic heterocycles. The summed E-state index contributed by atoms with van der Waals surface area (Å²) in [6.07, 6.45) is 2.30. The predicted molar refractivity (Wildman–Crippen MR) is 154 cm³/mol. The molecule has 1 fully saturated rings. The van der Waals surface area contributed by atoms with E-state index in [9.17, 15) is 23.7 Å². The van der Waals surface area contributed by atoms with Gasteiger partial charge in [-0.1, -0.05) is 39.0 Å². The largest absolute Gasteiger partial charge is 0.494 e. The number of anilines is 2. The molecule has 5 rings (SSSR count). The van der Waals surface area contributed by atoms with E-state index >= 15 is 0 Å². The number of nitrogens with one attached hydrogen (secondary N) is 1. The second-order valence-electron chi connectivity index (χ2n) is 11.3. The molecule has 0 bridgehead atoms. The molecule has 14 heteroatoms. The molecule has 4 aromatic rings. The summed E-state index contributed by atoms with van der Waals surface area (Å²) >= 11 is 0. The number of fused-ring (bicyclic) bond motifs is 1. The van der Waals surface area contributed by atoms with Crippen LogP contribution in [-0.4, -0.2) is 44.9 Å². The number of primary amides is 1. The monoisotopic (exact) mass is 596 g/mol. The van der Waals surface area contributed by atoms with Gasteiger partial charge >= 0.3 is 18.3 Å². The Morgan fingerprint density at radius 2 is 2.00 bits per heavy atom. The van der Waals surface area contributed by atoms with Gasteiger partial charge in [-0.2, -0.15) is 8.78 Å². The lowest BCUT2D eigenvalue weighted by molar-refractivity contribution is -0.385. The molecule has 0 saturated heterocycles. The number of benzene rings is 2. The summed E-state index contributed by atoms with van der Waals surface area (Å²) in [6.45, 7) is 3.07. The van der Waals surface area contributed by atoms with Gasteiger partial charge in [0.25, 0.3) is 0 Å². The molecule has 2 aromatic carbocycles. The zero-order chi connectivity index (χ0) is 31.1. The number of halogens is 2. The molecule has 2 unspecified atom stereocenters. The maximum atomic E-state index is 13.7. The first kappa shape index (κ1) is 29.5. The Bertz CT molecular complexity index is 1700. The van der Waals surface area contributed by atoms with E-state index in [1.165, 1.54) is 31.6 Å². The minimum absolute atomic E-state index is 0.0486. The normalized spacial score (nSPS) is 18.0. The third kappa shape index (κ3) is 5.85. The van der Waals surface area contributed by atoms with Crippen molar-refractivity contribution in [2.45, 2.75) is 39.3 Å². The Kier molecular flexibility index (Phi) is 7.54. The van der Waals surface area contributed by atoms with Gasteiger partial charge in [0.2, 0.25) is 11.7 Å². The fourth-order valence-electron chi connectivity index (χ4n) is 5.42. The van der Waals surface area contributed by atoms with Crippen LogP contribution >= 0.6 is 0 Å². The van der Waals surface area contributed by atoms with E-state index in [1.54, 1.807) is 30.3 Å². The predicted octanol–water partition coefficient (Wildman–Crippen LogP) is 6.43. The fraction of sp³-hybridized carbons (Fsp3) is 0.345. The molecule has 12 nitrogen and oxygen atoms in total. The Balaban J connectivity index is 1.44. The van der Waals surface area contributed by atoms with Gasteiger partial charge in [0.05, 0.1) is 28.9 Å². The van der Waals surface area contributed by atoms with Crippen LogP contribution in [-0.2, 0) is 4.74 Å². The topological polar surface area (TPSA) is 157 Å². The number of aromatic nitrogens is 3. The molecule has 1 amide bonds. The molecule has 226 valence electrons. The Labute approximate surface area is 244 Å². The van der Waals surface area contributed by atoms with Gasteiger partial charge in [-0.15, -0.1) is 0 Å². The van der Waals surface area contributed by atoms with E-state index < -0.39 is 23.2 Å². The minimum atomic E-state index is -2.75. The lowest BCUT2D eigenvalue weighted by atomic mass is 9.88. The smallest absolute Gasteiger partial charge is 0.405 e. The highest BCUT2D eigenvalue weighted by Gasteiger charge is 2.63. The number of nitrogens with two attached hydrogens (primary N) is 1. The lowest BCUT2D eigenvalue weighted by Crippen LogP contribution is -2.34. The first-order valence-corrected chi connectivity index (χ1v) is 13.3. The van der Waals surface area contributed by atoms with Crippen molar-refractivity contribution in [3.05, 3.63) is 65.0 Å². The number of nitrogens with zero attached hydrogens (tertiary/aromatic N) is 4. The quantitative estimate of drug-likeness (QED) is 0.155. The number of ether oxygens (including phenoxy) is 3. The van der Waals surface area contributed by atoms with E-state index in [2.05, 4.69) is 15.3 Å². The van der Waals surface area contributed by atoms with Gasteiger partial charge in [-0.05, 0) is 24.0 Å². The second kappa shape index (κ2) is 11.0. The molecule has 0 spiro atoms. The van der Waals surface area contributed by atoms with Crippen LogP contribution in [0.3, 0.4) is 0 Å². The summed E-state index contributed by atoms with van der Waals surface area (Å²) in [7, 11) is 1.38. The zero-order valence-electron chi connectivity index (χ0n) is 23.8. The SMILES string of the molecule is COc1cc(OCC2(OC(N)=O)CC2C(C)(C)C)c([N+](=O)[O-])cc1Nc1nccc(-c2cn(C(F)F)c3ccccc23)n1. The Morgan fingerprint density at radius 1 is 1.26 bits per heavy atom. The van der Waals surface area contributed by atoms with Crippen molar-refractivity contribution in [2.24, 2.45) is 17.1 Å². The molecule has 1 aliphatic rings. The van der Waals surface area contributed by atoms with Gasteiger partial charge < -0.3 is 25.3 Å². The third-order valence-corrected chi connectivity index (χ3v) is 7.45. The van der Waals surface area contributed by atoms with E-state index in [1.807, 2.05) is 20.8 Å². The lowest BCUT2D eigenvalue weighted by Gasteiger charge is -2.24. The molecular weight excluding hydrogens is 566 g/mol. The number of amides is 1. The van der Waals surface area contributed by atoms with Crippen LogP contribution in [0.5, 0.6) is 11.5 Å². The molecule has 1 aliphatic carbocycles. The molecule has 0 radical (unpaired) electrons. The third-order valence-electron chi connectivity index (χ3n) is 7.45. The average Bonchev–Trinajstić information content (AvgIpc) is 3.53. The van der Waals surface area contributed by atoms with Gasteiger partial charge in [0.1, 0.15) is 12.4 Å². The highest BCUT2D eigenvalue weighted by molar-refractivity contribution is 5.95. The van der Waals surface area contributed by atoms with Crippen molar-refractivity contribution in [3.8, 4) is 22.8 Å². The van der Waals surface area contributed by atoms with Crippen molar-refractivity contribution < 1.29 is 32.7 Å². The molecule has 2 atom stereocenters. The van der Waals surface area contributed by atoms with Crippen LogP contribution in [0.2, 0.25) is 0 Å². The van der Waals surface area contributed by atoms with Crippen molar-refractivity contribution in [1.82, 2.24) is 14.5 Å². The summed E-state index contributed by atoms with van der Waals surface area (Å²) in [6, 6.07) is 10.8. The maximum Gasteiger partial charge on any atom is 0.405 e. The van der Waals surface area contributed by atoms with Crippen LogP contribution in [0.1, 0.15) is 33.7 Å². The fourth-order valence-corrected chi connectivity index (χ4v) is 5.42. The average molecular weight is 597 g/mol. The van der Waals surface area contributed by atoms with Crippen molar-refractivity contribution in [3.63, 3.8) is 0 Å². The number of rotatable bonds is 10. The van der Waals surface area contributed by atoms with Crippen molar-refractivity contribution in [2.75, 3.05) is 19.0 Å². The van der Waals surface area contributed by atoms with Crippen molar-refractivity contribution in [1.29, 1.82) is 0 Å². The van der Waals surface area contributed by atoms with Gasteiger partial charge in [0, 0.05) is 41.4 Å². The second-order valence-corrected chi connectivity index (χ2v) is 11.3. The molecule has 3 N–H and O–H groups in total. The summed E-state index contributed by atoms with van der Waals surface area (Å²) in [5.41, 5.74) is 5.01. The van der Waals surface area contributed by atoms with E-state index in [4.69, 9.17) is 19.9 Å². The highest BCUT2D eigenvalue weighted by atomic mass is 19.3. The highest BCUT2D eigenvalue weighted by Crippen LogP contribution is 2.57. The maximum absolute atomic E-state index is 13.7. The van der Waals surface area contributed by atoms with Crippen LogP contribution in [0.4, 0.5) is 30.9 Å². The molecule has 2 heterocycles. The van der Waals surface area contributed by atoms with E-state index in [-0.39, 0.29) is 46.8 Å². The standard InChI is InChI=1S/C29H30F2N6O6/c1-28(2,3)24-13-29(24,43-26(32)38)15-42-23-12-22(41-4)19(11-21(23)37(39)40)35-27-33-10-9-18(34-27)17-14-36(25(30)31)20-8-6-5-7-16(17)20/h5-12,14,24-25H,13,15H2,1-4H3,(H2,32,38)(H,33,34,35). The van der Waals surface area contributed by atoms with Gasteiger partial charge in [-0.25, -0.2) is 14.8 Å². The molecular formula is C29H30F2N6O6. The summed E-state index contributed by atoms with van der Waals surface area (Å²) in [4.78, 5) is 31.7. The molecule has 1 saturated carbocycles. The number of hydrogen-bond acceptors (Lipinski definition) is 9. The molecule has 43 heavy (non-hydrogen) atoms. The van der Waals surface area contributed by atoms with Crippen LogP contribution in [0, 0.1) is 21.4 Å². The van der Waals surface area contributed by atoms with Gasteiger partial charge in [-0.3, -0.25) is 14.7 Å².